The van der Waals surface area contributed by atoms with Crippen LogP contribution in [0.1, 0.15) is 37.2 Å². The van der Waals surface area contributed by atoms with Gasteiger partial charge in [-0.15, -0.1) is 0 Å². The van der Waals surface area contributed by atoms with E-state index in [1.54, 1.807) is 0 Å². The van der Waals surface area contributed by atoms with Gasteiger partial charge in [-0.25, -0.2) is 9.78 Å². The summed E-state index contributed by atoms with van der Waals surface area (Å²) >= 11 is 1.28. The molecule has 0 saturated carbocycles. The third kappa shape index (κ3) is 3.50. The van der Waals surface area contributed by atoms with Gasteiger partial charge in [0.25, 0.3) is 0 Å². The Labute approximate surface area is 177 Å². The lowest BCUT2D eigenvalue weighted by Gasteiger charge is -2.23. The van der Waals surface area contributed by atoms with Crippen LogP contribution >= 0.6 is 11.3 Å². The first kappa shape index (κ1) is 19.9. The number of rotatable bonds is 3. The van der Waals surface area contributed by atoms with Gasteiger partial charge >= 0.3 is 6.03 Å². The van der Waals surface area contributed by atoms with Crippen molar-refractivity contribution in [1.82, 2.24) is 14.9 Å². The Kier molecular flexibility index (Phi) is 5.24. The van der Waals surface area contributed by atoms with Crippen LogP contribution < -0.4 is 10.1 Å². The van der Waals surface area contributed by atoms with E-state index in [2.05, 4.69) is 15.3 Å². The van der Waals surface area contributed by atoms with Gasteiger partial charge in [-0.3, -0.25) is 5.32 Å². The molecule has 2 aromatic rings. The standard InChI is InChI=1S/C20H25FN4O4S/c1-27-17-14-15(13(16(21)23-17)12-2-7-28-8-3-12)30-18(22-14)24-19(26)25-6-4-20(10-25)5-9-29-11-20/h12H,2-11H2,1H3,(H,22,24,26)/t20-/m0/s1. The zero-order chi connectivity index (χ0) is 20.7. The summed E-state index contributed by atoms with van der Waals surface area (Å²) in [6.45, 7) is 4.07. The molecular weight excluding hydrogens is 411 g/mol. The predicted molar refractivity (Wildman–Crippen MR) is 110 cm³/mol. The second-order valence-corrected chi connectivity index (χ2v) is 9.31. The van der Waals surface area contributed by atoms with Crippen LogP contribution in [0.4, 0.5) is 14.3 Å². The second-order valence-electron chi connectivity index (χ2n) is 8.31. The number of amides is 2. The normalized spacial score (nSPS) is 24.8. The molecule has 30 heavy (non-hydrogen) atoms. The van der Waals surface area contributed by atoms with Gasteiger partial charge in [0.05, 0.1) is 18.4 Å². The highest BCUT2D eigenvalue weighted by atomic mass is 32.1. The molecule has 8 nitrogen and oxygen atoms in total. The summed E-state index contributed by atoms with van der Waals surface area (Å²) < 4.78 is 31.8. The molecule has 0 bridgehead atoms. The maximum absolute atomic E-state index is 14.9. The van der Waals surface area contributed by atoms with Gasteiger partial charge < -0.3 is 19.1 Å². The Morgan fingerprint density at radius 3 is 2.83 bits per heavy atom. The minimum absolute atomic E-state index is 0.0180. The largest absolute Gasteiger partial charge is 0.479 e. The predicted octanol–water partition coefficient (Wildman–Crippen LogP) is 3.38. The number of fused-ring (bicyclic) bond motifs is 1. The Hall–Kier alpha value is -2.04. The molecule has 5 heterocycles. The third-order valence-corrected chi connectivity index (χ3v) is 7.45. The van der Waals surface area contributed by atoms with Crippen molar-refractivity contribution in [2.75, 3.05) is 51.9 Å². The van der Waals surface area contributed by atoms with E-state index in [1.807, 2.05) is 4.90 Å². The van der Waals surface area contributed by atoms with E-state index in [1.165, 1.54) is 18.4 Å². The average Bonchev–Trinajstić information content (AvgIpc) is 3.49. The van der Waals surface area contributed by atoms with Gasteiger partial charge in [-0.05, 0) is 31.6 Å². The van der Waals surface area contributed by atoms with E-state index in [-0.39, 0.29) is 23.2 Å². The number of carbonyl (C=O) groups excluding carboxylic acids is 1. The number of thiazole rings is 1. The van der Waals surface area contributed by atoms with Crippen LogP contribution in [0.25, 0.3) is 10.2 Å². The van der Waals surface area contributed by atoms with Gasteiger partial charge in [0.15, 0.2) is 5.13 Å². The molecule has 3 saturated heterocycles. The highest BCUT2D eigenvalue weighted by Crippen LogP contribution is 2.42. The summed E-state index contributed by atoms with van der Waals surface area (Å²) in [6.07, 6.45) is 3.42. The SMILES string of the molecule is COc1nc(F)c(C2CCOCC2)c2sc(NC(=O)N3CC[C@]4(CCOC4)C3)nc12. The Morgan fingerprint density at radius 1 is 1.27 bits per heavy atom. The molecule has 2 aromatic heterocycles. The van der Waals surface area contributed by atoms with E-state index in [9.17, 15) is 9.18 Å². The molecule has 10 heteroatoms. The van der Waals surface area contributed by atoms with Crippen molar-refractivity contribution >= 4 is 32.7 Å². The molecule has 0 radical (unpaired) electrons. The van der Waals surface area contributed by atoms with E-state index < -0.39 is 5.95 Å². The van der Waals surface area contributed by atoms with Crippen molar-refractivity contribution in [2.24, 2.45) is 5.41 Å². The van der Waals surface area contributed by atoms with Crippen molar-refractivity contribution < 1.29 is 23.4 Å². The maximum Gasteiger partial charge on any atom is 0.323 e. The molecule has 162 valence electrons. The molecule has 3 aliphatic heterocycles. The lowest BCUT2D eigenvalue weighted by Crippen LogP contribution is -2.35. The van der Waals surface area contributed by atoms with Gasteiger partial charge in [-0.2, -0.15) is 9.37 Å². The van der Waals surface area contributed by atoms with Crippen LogP contribution in [0.2, 0.25) is 0 Å². The summed E-state index contributed by atoms with van der Waals surface area (Å²) in [6, 6.07) is -0.183. The van der Waals surface area contributed by atoms with Crippen LogP contribution in [0.3, 0.4) is 0 Å². The number of urea groups is 1. The number of methoxy groups -OCH3 is 1. The third-order valence-electron chi connectivity index (χ3n) is 6.44. The number of halogens is 1. The van der Waals surface area contributed by atoms with Gasteiger partial charge in [0.2, 0.25) is 11.8 Å². The fraction of sp³-hybridized carbons (Fsp3) is 0.650. The first-order valence-electron chi connectivity index (χ1n) is 10.3. The fourth-order valence-corrected chi connectivity index (χ4v) is 5.79. The topological polar surface area (TPSA) is 85.8 Å². The number of nitrogens with one attached hydrogen (secondary N) is 1. The lowest BCUT2D eigenvalue weighted by molar-refractivity contribution is 0.0847. The van der Waals surface area contributed by atoms with Crippen LogP contribution in [0.15, 0.2) is 0 Å². The number of hydrogen-bond acceptors (Lipinski definition) is 7. The first-order chi connectivity index (χ1) is 14.6. The minimum Gasteiger partial charge on any atom is -0.479 e. The number of aromatic nitrogens is 2. The Morgan fingerprint density at radius 2 is 2.10 bits per heavy atom. The molecule has 0 unspecified atom stereocenters. The molecule has 1 atom stereocenters. The number of hydrogen-bond donors (Lipinski definition) is 1. The molecule has 2 amide bonds. The lowest BCUT2D eigenvalue weighted by atomic mass is 9.87. The number of likely N-dealkylation sites (tertiary alicyclic amines) is 1. The summed E-state index contributed by atoms with van der Waals surface area (Å²) in [4.78, 5) is 23.2. The number of ether oxygens (including phenoxy) is 3. The van der Waals surface area contributed by atoms with E-state index in [4.69, 9.17) is 14.2 Å². The van der Waals surface area contributed by atoms with Crippen molar-refractivity contribution in [3.8, 4) is 5.88 Å². The van der Waals surface area contributed by atoms with Crippen LogP contribution in [-0.4, -0.2) is 67.5 Å². The monoisotopic (exact) mass is 436 g/mol. The Bertz CT molecular complexity index is 956. The molecule has 0 aromatic carbocycles. The highest BCUT2D eigenvalue weighted by molar-refractivity contribution is 7.22. The van der Waals surface area contributed by atoms with Gasteiger partial charge in [0, 0.05) is 43.9 Å². The van der Waals surface area contributed by atoms with Crippen molar-refractivity contribution in [3.05, 3.63) is 11.5 Å². The molecule has 3 fully saturated rings. The van der Waals surface area contributed by atoms with Crippen LogP contribution in [0.5, 0.6) is 5.88 Å². The molecular formula is C20H25FN4O4S. The fourth-order valence-electron chi connectivity index (χ4n) is 4.73. The highest BCUT2D eigenvalue weighted by Gasteiger charge is 2.43. The second kappa shape index (κ2) is 7.90. The van der Waals surface area contributed by atoms with E-state index >= 15 is 0 Å². The number of nitrogens with zero attached hydrogens (tertiary/aromatic N) is 3. The van der Waals surface area contributed by atoms with Crippen molar-refractivity contribution in [3.63, 3.8) is 0 Å². The quantitative estimate of drug-likeness (QED) is 0.743. The summed E-state index contributed by atoms with van der Waals surface area (Å²) in [7, 11) is 1.44. The summed E-state index contributed by atoms with van der Waals surface area (Å²) in [5.41, 5.74) is 1.13. The van der Waals surface area contributed by atoms with Gasteiger partial charge in [0.1, 0.15) is 5.52 Å². The smallest absolute Gasteiger partial charge is 0.323 e. The zero-order valence-corrected chi connectivity index (χ0v) is 17.7. The number of anilines is 1. The minimum atomic E-state index is -0.532. The molecule has 1 N–H and O–H groups in total. The molecule has 3 aliphatic rings. The summed E-state index contributed by atoms with van der Waals surface area (Å²) in [5, 5.41) is 3.33. The zero-order valence-electron chi connectivity index (χ0n) is 16.9. The van der Waals surface area contributed by atoms with Crippen molar-refractivity contribution in [2.45, 2.75) is 31.6 Å². The first-order valence-corrected chi connectivity index (χ1v) is 11.2. The average molecular weight is 437 g/mol. The number of carbonyl (C=O) groups is 1. The Balaban J connectivity index is 1.41. The van der Waals surface area contributed by atoms with E-state index in [0.29, 0.717) is 53.8 Å². The molecule has 5 rings (SSSR count). The van der Waals surface area contributed by atoms with Crippen LogP contribution in [0, 0.1) is 11.4 Å². The number of pyridine rings is 1. The van der Waals surface area contributed by atoms with Gasteiger partial charge in [-0.1, -0.05) is 11.3 Å². The van der Waals surface area contributed by atoms with Crippen LogP contribution in [-0.2, 0) is 9.47 Å². The van der Waals surface area contributed by atoms with E-state index in [0.717, 1.165) is 32.3 Å². The molecule has 1 spiro atoms. The maximum atomic E-state index is 14.9. The summed E-state index contributed by atoms with van der Waals surface area (Å²) in [5.74, 6) is -0.377. The molecule has 0 aliphatic carbocycles. The van der Waals surface area contributed by atoms with Crippen molar-refractivity contribution in [1.29, 1.82) is 0 Å².